The number of ether oxygens (including phenoxy) is 1. The molecule has 2 aliphatic rings. The van der Waals surface area contributed by atoms with Crippen molar-refractivity contribution in [1.29, 1.82) is 10.7 Å². The number of nitrogens with zero attached hydrogens (tertiary/aromatic N) is 5. The zero-order chi connectivity index (χ0) is 20.4. The van der Waals surface area contributed by atoms with E-state index < -0.39 is 5.41 Å². The molecule has 0 amide bonds. The van der Waals surface area contributed by atoms with Crippen molar-refractivity contribution >= 4 is 49.9 Å². The number of anilines is 1. The largest absolute Gasteiger partial charge is 0.384 e. The van der Waals surface area contributed by atoms with Crippen LogP contribution < -0.4 is 10.6 Å². The second kappa shape index (κ2) is 8.31. The first-order chi connectivity index (χ1) is 14.1. The van der Waals surface area contributed by atoms with Gasteiger partial charge in [0, 0.05) is 18.1 Å². The molecule has 4 rings (SSSR count). The summed E-state index contributed by atoms with van der Waals surface area (Å²) >= 11 is 1.89. The van der Waals surface area contributed by atoms with E-state index in [4.69, 9.17) is 20.9 Å². The molecule has 0 radical (unpaired) electrons. The molecular weight excluding hydrogens is 405 g/mol. The van der Waals surface area contributed by atoms with Crippen LogP contribution in [-0.2, 0) is 10.2 Å². The molecule has 3 N–H and O–H groups in total. The van der Waals surface area contributed by atoms with E-state index in [1.165, 1.54) is 6.08 Å². The van der Waals surface area contributed by atoms with Gasteiger partial charge in [-0.05, 0) is 42.1 Å². The lowest BCUT2D eigenvalue weighted by molar-refractivity contribution is 0.114. The highest BCUT2D eigenvalue weighted by Gasteiger charge is 2.37. The van der Waals surface area contributed by atoms with Gasteiger partial charge in [-0.15, -0.1) is 9.24 Å². The van der Waals surface area contributed by atoms with Crippen LogP contribution >= 0.6 is 21.0 Å². The van der Waals surface area contributed by atoms with Gasteiger partial charge in [0.15, 0.2) is 5.65 Å². The number of thioether (sulfide) groups is 1. The van der Waals surface area contributed by atoms with Gasteiger partial charge in [-0.3, -0.25) is 0 Å². The van der Waals surface area contributed by atoms with Gasteiger partial charge in [0.05, 0.1) is 36.7 Å². The van der Waals surface area contributed by atoms with Crippen LogP contribution in [0.1, 0.15) is 18.4 Å². The minimum absolute atomic E-state index is 0.104. The summed E-state index contributed by atoms with van der Waals surface area (Å²) in [7, 11) is 2.81. The molecule has 0 spiro atoms. The molecule has 0 saturated carbocycles. The Morgan fingerprint density at radius 3 is 2.97 bits per heavy atom. The average Bonchev–Trinajstić information content (AvgIpc) is 3.18. The fraction of sp³-hybridized carbons (Fsp3) is 0.474. The van der Waals surface area contributed by atoms with E-state index in [-0.39, 0.29) is 5.78 Å². The van der Waals surface area contributed by atoms with Crippen molar-refractivity contribution < 1.29 is 4.74 Å². The van der Waals surface area contributed by atoms with Gasteiger partial charge in [0.2, 0.25) is 0 Å². The molecule has 2 aliphatic heterocycles. The summed E-state index contributed by atoms with van der Waals surface area (Å²) in [5, 5.41) is 22.8. The molecule has 2 fully saturated rings. The molecule has 2 aromatic rings. The number of nitrogens with two attached hydrogens (primary N) is 1. The lowest BCUT2D eigenvalue weighted by Crippen LogP contribution is -2.42. The zero-order valence-corrected chi connectivity index (χ0v) is 18.0. The molecule has 10 heteroatoms. The van der Waals surface area contributed by atoms with E-state index in [1.54, 1.807) is 10.9 Å². The number of allylic oxidation sites excluding steroid dienone is 1. The summed E-state index contributed by atoms with van der Waals surface area (Å²) in [5.74, 6) is 3.14. The van der Waals surface area contributed by atoms with Crippen LogP contribution in [0, 0.1) is 16.7 Å². The highest BCUT2D eigenvalue weighted by Crippen LogP contribution is 2.42. The van der Waals surface area contributed by atoms with E-state index in [1.807, 2.05) is 11.8 Å². The highest BCUT2D eigenvalue weighted by molar-refractivity contribution is 7.99. The molecule has 2 aromatic heterocycles. The van der Waals surface area contributed by atoms with E-state index in [9.17, 15) is 5.26 Å². The molecule has 4 heterocycles. The number of hydrogen-bond donors (Lipinski definition) is 2. The maximum absolute atomic E-state index is 10.2. The first kappa shape index (κ1) is 20.1. The van der Waals surface area contributed by atoms with Crippen molar-refractivity contribution in [2.75, 3.05) is 36.2 Å². The average molecular weight is 429 g/mol. The third-order valence-electron chi connectivity index (χ3n) is 5.56. The fourth-order valence-electron chi connectivity index (χ4n) is 3.94. The van der Waals surface area contributed by atoms with Gasteiger partial charge in [0.25, 0.3) is 0 Å². The quantitative estimate of drug-likeness (QED) is 0.565. The first-order valence-corrected chi connectivity index (χ1v) is 11.4. The Morgan fingerprint density at radius 2 is 2.28 bits per heavy atom. The number of morpholine rings is 1. The predicted octanol–water partition coefficient (Wildman–Crippen LogP) is 2.16. The maximum atomic E-state index is 10.2. The van der Waals surface area contributed by atoms with Crippen molar-refractivity contribution in [2.45, 2.75) is 24.0 Å². The van der Waals surface area contributed by atoms with E-state index >= 15 is 0 Å². The second-order valence-corrected chi connectivity index (χ2v) is 9.22. The summed E-state index contributed by atoms with van der Waals surface area (Å²) in [6.07, 6.45) is 5.95. The number of nitriles is 1. The van der Waals surface area contributed by atoms with Crippen LogP contribution in [0.15, 0.2) is 18.3 Å². The molecule has 152 valence electrons. The van der Waals surface area contributed by atoms with Gasteiger partial charge >= 0.3 is 0 Å². The Balaban J connectivity index is 1.95. The topological polar surface area (TPSA) is 117 Å². The van der Waals surface area contributed by atoms with Gasteiger partial charge in [-0.1, -0.05) is 0 Å². The number of rotatable bonds is 4. The van der Waals surface area contributed by atoms with E-state index in [0.29, 0.717) is 24.7 Å². The predicted molar refractivity (Wildman–Crippen MR) is 120 cm³/mol. The van der Waals surface area contributed by atoms with E-state index in [0.717, 1.165) is 53.9 Å². The maximum Gasteiger partial charge on any atom is 0.167 e. The molecule has 0 aliphatic carbocycles. The van der Waals surface area contributed by atoms with Gasteiger partial charge < -0.3 is 20.8 Å². The van der Waals surface area contributed by atoms with Gasteiger partial charge in [-0.2, -0.15) is 26.8 Å². The molecule has 2 saturated heterocycles. The lowest BCUT2D eigenvalue weighted by Gasteiger charge is -2.36. The summed E-state index contributed by atoms with van der Waals surface area (Å²) < 4.78 is 7.12. The third-order valence-corrected chi connectivity index (χ3v) is 7.10. The standard InChI is InChI=1S/C19H24N7OPS/c20-4-1-15(22)26-18-13(10-23-26)14(19(12-21)2-7-29-8-3-19)9-16(24-18)25-5-6-27-11-17(25)28/h1,4,9-10,17,20H,2-3,5-8,11,22,28H2/t17-/m1/s1. The van der Waals surface area contributed by atoms with Crippen molar-refractivity contribution in [3.63, 3.8) is 0 Å². The number of fused-ring (bicyclic) bond motifs is 1. The molecule has 1 unspecified atom stereocenters. The Morgan fingerprint density at radius 1 is 1.48 bits per heavy atom. The first-order valence-electron chi connectivity index (χ1n) is 9.54. The fourth-order valence-corrected chi connectivity index (χ4v) is 5.57. The summed E-state index contributed by atoms with van der Waals surface area (Å²) in [6.45, 7) is 1.96. The summed E-state index contributed by atoms with van der Waals surface area (Å²) in [4.78, 5) is 7.07. The number of nitrogens with one attached hydrogen (secondary N) is 1. The monoisotopic (exact) mass is 429 g/mol. The number of hydrogen-bond acceptors (Lipinski definition) is 8. The van der Waals surface area contributed by atoms with Crippen LogP contribution in [0.5, 0.6) is 0 Å². The van der Waals surface area contributed by atoms with Crippen molar-refractivity contribution in [2.24, 2.45) is 5.73 Å². The SMILES string of the molecule is N#CC1(c2cc(N3CCOC[C@H]3P)nc3c2cnn3C(N)=CC=N)CCSCC1. The molecule has 8 nitrogen and oxygen atoms in total. The molecule has 0 aromatic carbocycles. The second-order valence-electron chi connectivity index (χ2n) is 7.22. The van der Waals surface area contributed by atoms with Crippen LogP contribution in [0.4, 0.5) is 5.82 Å². The Bertz CT molecular complexity index is 992. The molecular formula is C19H24N7OPS. The molecule has 0 bridgehead atoms. The van der Waals surface area contributed by atoms with Crippen molar-refractivity contribution in [1.82, 2.24) is 14.8 Å². The summed E-state index contributed by atoms with van der Waals surface area (Å²) in [6, 6.07) is 4.68. The van der Waals surface area contributed by atoms with Crippen LogP contribution in [0.2, 0.25) is 0 Å². The third kappa shape index (κ3) is 3.61. The minimum atomic E-state index is -0.558. The Hall–Kier alpha value is -2.14. The highest BCUT2D eigenvalue weighted by atomic mass is 32.2. The van der Waals surface area contributed by atoms with Crippen molar-refractivity contribution in [3.8, 4) is 6.07 Å². The molecule has 29 heavy (non-hydrogen) atoms. The molecule has 2 atom stereocenters. The number of aromatic nitrogens is 3. The van der Waals surface area contributed by atoms with Crippen LogP contribution in [0.25, 0.3) is 16.9 Å². The van der Waals surface area contributed by atoms with Crippen molar-refractivity contribution in [3.05, 3.63) is 23.9 Å². The lowest BCUT2D eigenvalue weighted by atomic mass is 9.76. The Labute approximate surface area is 176 Å². The normalized spacial score (nSPS) is 22.4. The van der Waals surface area contributed by atoms with Crippen LogP contribution in [-0.4, -0.2) is 58.0 Å². The Kier molecular flexibility index (Phi) is 5.77. The summed E-state index contributed by atoms with van der Waals surface area (Å²) in [5.41, 5.74) is 7.16. The van der Waals surface area contributed by atoms with Gasteiger partial charge in [-0.25, -0.2) is 4.98 Å². The van der Waals surface area contributed by atoms with Crippen LogP contribution in [0.3, 0.4) is 0 Å². The minimum Gasteiger partial charge on any atom is -0.384 e. The smallest absolute Gasteiger partial charge is 0.167 e. The van der Waals surface area contributed by atoms with Gasteiger partial charge in [0.1, 0.15) is 11.6 Å². The number of pyridine rings is 1. The zero-order valence-electron chi connectivity index (χ0n) is 16.0. The van der Waals surface area contributed by atoms with E-state index in [2.05, 4.69) is 31.4 Å².